The molecule has 1 heterocycles. The molecule has 0 aliphatic carbocycles. The van der Waals surface area contributed by atoms with Gasteiger partial charge in [0.05, 0.1) is 0 Å². The van der Waals surface area contributed by atoms with Crippen LogP contribution in [0.15, 0.2) is 24.3 Å². The molecule has 2 rings (SSSR count). The topological polar surface area (TPSA) is 29.3 Å². The van der Waals surface area contributed by atoms with Crippen LogP contribution < -0.4 is 5.73 Å². The summed E-state index contributed by atoms with van der Waals surface area (Å²) in [7, 11) is -2.30. The Hall–Kier alpha value is -0.586. The summed E-state index contributed by atoms with van der Waals surface area (Å²) in [5, 5.41) is 0. The lowest BCUT2D eigenvalue weighted by atomic mass is 10.2. The third-order valence-electron chi connectivity index (χ3n) is 4.10. The summed E-state index contributed by atoms with van der Waals surface area (Å²) >= 11 is 0. The van der Waals surface area contributed by atoms with Gasteiger partial charge >= 0.3 is 0 Å². The number of nitrogen functional groups attached to an aromatic ring is 1. The van der Waals surface area contributed by atoms with Gasteiger partial charge in [0, 0.05) is 12.2 Å². The highest BCUT2D eigenvalue weighted by atomic mass is 28.4. The maximum Gasteiger partial charge on any atom is 0.115 e. The van der Waals surface area contributed by atoms with Crippen molar-refractivity contribution in [2.75, 3.05) is 5.73 Å². The average molecular weight is 265 g/mol. The predicted molar refractivity (Wildman–Crippen MR) is 81.0 cm³/mol. The maximum atomic E-state index is 5.87. The first-order valence-corrected chi connectivity index (χ1v) is 12.7. The Morgan fingerprint density at radius 2 is 1.71 bits per heavy atom. The molecule has 1 saturated heterocycles. The number of hydrogen-bond donors (Lipinski definition) is 1. The number of hydrogen-bond acceptors (Lipinski definition) is 2. The van der Waals surface area contributed by atoms with E-state index in [0.717, 1.165) is 12.2 Å². The van der Waals surface area contributed by atoms with Crippen LogP contribution in [0.2, 0.25) is 38.3 Å². The summed E-state index contributed by atoms with van der Waals surface area (Å²) < 4.78 is 2.88. The second kappa shape index (κ2) is 4.26. The molecule has 2 N–H and O–H groups in total. The minimum Gasteiger partial charge on any atom is -0.399 e. The van der Waals surface area contributed by atoms with Crippen molar-refractivity contribution < 1.29 is 0 Å². The zero-order valence-corrected chi connectivity index (χ0v) is 13.5. The van der Waals surface area contributed by atoms with Crippen LogP contribution in [-0.2, 0) is 6.54 Å². The largest absolute Gasteiger partial charge is 0.399 e. The van der Waals surface area contributed by atoms with Gasteiger partial charge in [0.1, 0.15) is 16.5 Å². The van der Waals surface area contributed by atoms with Gasteiger partial charge in [0.2, 0.25) is 0 Å². The summed E-state index contributed by atoms with van der Waals surface area (Å²) in [6, 6.07) is 11.3. The Labute approximate surface area is 107 Å². The highest BCUT2D eigenvalue weighted by molar-refractivity contribution is 6.95. The number of nitrogens with two attached hydrogens (primary N) is 1. The summed E-state index contributed by atoms with van der Waals surface area (Å²) in [4.78, 5) is 0. The molecule has 1 aromatic carbocycles. The third kappa shape index (κ3) is 2.64. The minimum atomic E-state index is -1.15. The quantitative estimate of drug-likeness (QED) is 0.654. The Morgan fingerprint density at radius 3 is 2.24 bits per heavy atom. The molecule has 1 aliphatic heterocycles. The number of anilines is 1. The molecule has 1 aliphatic rings. The van der Waals surface area contributed by atoms with Crippen molar-refractivity contribution in [1.82, 2.24) is 4.23 Å². The molecular formula is C13H24N2Si2. The highest BCUT2D eigenvalue weighted by Gasteiger charge is 2.46. The molecule has 17 heavy (non-hydrogen) atoms. The third-order valence-corrected chi connectivity index (χ3v) is 14.4. The molecule has 0 radical (unpaired) electrons. The van der Waals surface area contributed by atoms with Crippen molar-refractivity contribution in [3.8, 4) is 0 Å². The smallest absolute Gasteiger partial charge is 0.115 e. The maximum absolute atomic E-state index is 5.87. The van der Waals surface area contributed by atoms with Gasteiger partial charge in [0.15, 0.2) is 0 Å². The molecule has 1 aromatic rings. The Morgan fingerprint density at radius 1 is 1.12 bits per heavy atom. The van der Waals surface area contributed by atoms with Gasteiger partial charge in [-0.2, -0.15) is 0 Å². The molecule has 4 heteroatoms. The lowest BCUT2D eigenvalue weighted by molar-refractivity contribution is 0.624. The van der Waals surface area contributed by atoms with Crippen molar-refractivity contribution in [1.29, 1.82) is 0 Å². The first-order valence-electron chi connectivity index (χ1n) is 6.43. The van der Waals surface area contributed by atoms with Gasteiger partial charge < -0.3 is 9.96 Å². The van der Waals surface area contributed by atoms with Crippen LogP contribution in [0.4, 0.5) is 5.69 Å². The standard InChI is InChI=1S/C13H24N2Si2/c1-16(2)8-9-17(3,4)15(16)11-12-6-5-7-13(14)10-12/h5-7,10H,8-9,11,14H2,1-4H3. The van der Waals surface area contributed by atoms with E-state index in [9.17, 15) is 0 Å². The van der Waals surface area contributed by atoms with E-state index in [4.69, 9.17) is 5.73 Å². The second-order valence-electron chi connectivity index (χ2n) is 6.46. The molecule has 2 nitrogen and oxygen atoms in total. The average Bonchev–Trinajstić information content (AvgIpc) is 2.42. The van der Waals surface area contributed by atoms with Crippen molar-refractivity contribution in [2.45, 2.75) is 44.8 Å². The first-order chi connectivity index (χ1) is 7.81. The highest BCUT2D eigenvalue weighted by Crippen LogP contribution is 2.38. The van der Waals surface area contributed by atoms with E-state index in [0.29, 0.717) is 0 Å². The molecule has 0 atom stereocenters. The van der Waals surface area contributed by atoms with Crippen LogP contribution in [0.3, 0.4) is 0 Å². The molecule has 0 spiro atoms. The van der Waals surface area contributed by atoms with Crippen molar-refractivity contribution >= 4 is 22.2 Å². The Bertz CT molecular complexity index is 400. The van der Waals surface area contributed by atoms with Crippen LogP contribution >= 0.6 is 0 Å². The van der Waals surface area contributed by atoms with Gasteiger partial charge in [-0.1, -0.05) is 38.3 Å². The zero-order valence-electron chi connectivity index (χ0n) is 11.5. The monoisotopic (exact) mass is 264 g/mol. The SMILES string of the molecule is C[Si]1(C)CC[Si](C)(C)N1Cc1cccc(N)c1. The molecule has 0 bridgehead atoms. The fourth-order valence-electron chi connectivity index (χ4n) is 3.00. The molecule has 0 aromatic heterocycles. The minimum absolute atomic E-state index is 0.889. The van der Waals surface area contributed by atoms with E-state index in [1.54, 1.807) is 0 Å². The Balaban J connectivity index is 2.22. The van der Waals surface area contributed by atoms with E-state index < -0.39 is 16.5 Å². The van der Waals surface area contributed by atoms with E-state index in [1.165, 1.54) is 17.7 Å². The molecule has 0 amide bonds. The van der Waals surface area contributed by atoms with E-state index in [1.807, 2.05) is 6.07 Å². The Kier molecular flexibility index (Phi) is 3.22. The first kappa shape index (κ1) is 12.9. The van der Waals surface area contributed by atoms with E-state index in [2.05, 4.69) is 48.6 Å². The van der Waals surface area contributed by atoms with Crippen molar-refractivity contribution in [3.05, 3.63) is 29.8 Å². The molecule has 0 saturated carbocycles. The van der Waals surface area contributed by atoms with Gasteiger partial charge in [-0.15, -0.1) is 0 Å². The van der Waals surface area contributed by atoms with Crippen LogP contribution in [0.25, 0.3) is 0 Å². The zero-order chi connectivity index (χ0) is 12.7. The van der Waals surface area contributed by atoms with Gasteiger partial charge in [-0.05, 0) is 29.8 Å². The summed E-state index contributed by atoms with van der Waals surface area (Å²) in [6.45, 7) is 11.2. The molecule has 0 unspecified atom stereocenters. The number of nitrogens with zero attached hydrogens (tertiary/aromatic N) is 1. The second-order valence-corrected chi connectivity index (χ2v) is 16.2. The number of rotatable bonds is 2. The van der Waals surface area contributed by atoms with E-state index in [-0.39, 0.29) is 0 Å². The van der Waals surface area contributed by atoms with Crippen molar-refractivity contribution in [3.63, 3.8) is 0 Å². The van der Waals surface area contributed by atoms with Crippen LogP contribution in [0.1, 0.15) is 5.56 Å². The van der Waals surface area contributed by atoms with Gasteiger partial charge in [-0.25, -0.2) is 0 Å². The summed E-state index contributed by atoms with van der Waals surface area (Å²) in [5.74, 6) is 0. The molecule has 1 fully saturated rings. The lowest BCUT2D eigenvalue weighted by Crippen LogP contribution is -2.54. The van der Waals surface area contributed by atoms with Crippen LogP contribution in [0, 0.1) is 0 Å². The van der Waals surface area contributed by atoms with Gasteiger partial charge in [0.25, 0.3) is 0 Å². The van der Waals surface area contributed by atoms with Crippen LogP contribution in [0.5, 0.6) is 0 Å². The van der Waals surface area contributed by atoms with Crippen molar-refractivity contribution in [2.24, 2.45) is 0 Å². The fourth-order valence-corrected chi connectivity index (χ4v) is 16.9. The summed E-state index contributed by atoms with van der Waals surface area (Å²) in [6.07, 6.45) is 0. The fraction of sp³-hybridized carbons (Fsp3) is 0.538. The molecule has 94 valence electrons. The number of benzene rings is 1. The summed E-state index contributed by atoms with van der Waals surface area (Å²) in [5.41, 5.74) is 8.14. The molecular weight excluding hydrogens is 240 g/mol. The lowest BCUT2D eigenvalue weighted by Gasteiger charge is -2.39. The van der Waals surface area contributed by atoms with Crippen LogP contribution in [-0.4, -0.2) is 20.7 Å². The van der Waals surface area contributed by atoms with E-state index >= 15 is 0 Å². The normalized spacial score (nSPS) is 22.8. The van der Waals surface area contributed by atoms with Gasteiger partial charge in [-0.3, -0.25) is 0 Å². The predicted octanol–water partition coefficient (Wildman–Crippen LogP) is 3.49.